The predicted molar refractivity (Wildman–Crippen MR) is 88.8 cm³/mol. The molecule has 1 aromatic carbocycles. The third kappa shape index (κ3) is 2.08. The maximum absolute atomic E-state index is 12.9. The molecule has 3 heterocycles. The smallest absolute Gasteiger partial charge is 0.213 e. The number of rotatable bonds is 3. The molecule has 0 atom stereocenters. The summed E-state index contributed by atoms with van der Waals surface area (Å²) in [5.74, 6) is 0.0145. The molecule has 0 spiro atoms. The Kier molecular flexibility index (Phi) is 3.13. The highest BCUT2D eigenvalue weighted by molar-refractivity contribution is 7.20. The van der Waals surface area contributed by atoms with Crippen LogP contribution in [0.25, 0.3) is 15.5 Å². The summed E-state index contributed by atoms with van der Waals surface area (Å²) in [6, 6.07) is 11.6. The van der Waals surface area contributed by atoms with E-state index in [4.69, 9.17) is 0 Å². The first-order valence-corrected chi connectivity index (χ1v) is 8.41. The van der Waals surface area contributed by atoms with Gasteiger partial charge in [-0.2, -0.15) is 5.10 Å². The van der Waals surface area contributed by atoms with Gasteiger partial charge in [0.15, 0.2) is 0 Å². The zero-order valence-corrected chi connectivity index (χ0v) is 13.3. The monoisotopic (exact) mass is 325 g/mol. The van der Waals surface area contributed by atoms with Crippen LogP contribution in [0.4, 0.5) is 0 Å². The SMILES string of the molecule is Cc1ccc(C(=O)c2sc3ncnn3c2-c2cccs2)cc1. The molecule has 0 aliphatic heterocycles. The fourth-order valence-corrected chi connectivity index (χ4v) is 4.15. The minimum absolute atomic E-state index is 0.0145. The normalized spacial score (nSPS) is 11.1. The standard InChI is InChI=1S/C16H11N3OS2/c1-10-4-6-11(7-5-10)14(20)15-13(12-3-2-8-21-12)19-16(22-15)17-9-18-19/h2-9H,1H3. The number of benzene rings is 1. The van der Waals surface area contributed by atoms with Crippen molar-refractivity contribution < 1.29 is 4.79 Å². The molecular formula is C16H11N3OS2. The molecule has 4 nitrogen and oxygen atoms in total. The molecule has 6 heteroatoms. The van der Waals surface area contributed by atoms with Gasteiger partial charge in [-0.05, 0) is 18.4 Å². The number of ketones is 1. The zero-order valence-electron chi connectivity index (χ0n) is 11.7. The summed E-state index contributed by atoms with van der Waals surface area (Å²) < 4.78 is 1.75. The van der Waals surface area contributed by atoms with Crippen LogP contribution >= 0.6 is 22.7 Å². The Labute approximate surface area is 134 Å². The number of nitrogens with zero attached hydrogens (tertiary/aromatic N) is 3. The van der Waals surface area contributed by atoms with Gasteiger partial charge in [0, 0.05) is 5.56 Å². The minimum atomic E-state index is 0.0145. The number of thiazole rings is 1. The Morgan fingerprint density at radius 3 is 2.73 bits per heavy atom. The molecule has 4 aromatic rings. The van der Waals surface area contributed by atoms with Crippen LogP contribution in [-0.2, 0) is 0 Å². The van der Waals surface area contributed by atoms with E-state index in [9.17, 15) is 4.79 Å². The van der Waals surface area contributed by atoms with Gasteiger partial charge in [0.2, 0.25) is 10.7 Å². The van der Waals surface area contributed by atoms with Crippen LogP contribution in [0.5, 0.6) is 0 Å². The van der Waals surface area contributed by atoms with Crippen molar-refractivity contribution in [3.05, 3.63) is 64.1 Å². The first-order valence-electron chi connectivity index (χ1n) is 6.72. The van der Waals surface area contributed by atoms with Crippen LogP contribution in [-0.4, -0.2) is 20.4 Å². The van der Waals surface area contributed by atoms with E-state index < -0.39 is 0 Å². The fourth-order valence-electron chi connectivity index (χ4n) is 2.31. The van der Waals surface area contributed by atoms with Crippen molar-refractivity contribution in [2.45, 2.75) is 6.92 Å². The molecule has 0 aliphatic carbocycles. The van der Waals surface area contributed by atoms with Crippen LogP contribution in [0.15, 0.2) is 48.1 Å². The Balaban J connectivity index is 1.91. The van der Waals surface area contributed by atoms with E-state index in [1.54, 1.807) is 15.9 Å². The Hall–Kier alpha value is -2.31. The summed E-state index contributed by atoms with van der Waals surface area (Å²) in [6.07, 6.45) is 1.52. The minimum Gasteiger partial charge on any atom is -0.288 e. The Morgan fingerprint density at radius 1 is 1.18 bits per heavy atom. The van der Waals surface area contributed by atoms with Gasteiger partial charge in [0.25, 0.3) is 0 Å². The number of hydrogen-bond donors (Lipinski definition) is 0. The van der Waals surface area contributed by atoms with E-state index in [2.05, 4.69) is 10.1 Å². The van der Waals surface area contributed by atoms with Gasteiger partial charge >= 0.3 is 0 Å². The van der Waals surface area contributed by atoms with Crippen molar-refractivity contribution in [1.82, 2.24) is 14.6 Å². The van der Waals surface area contributed by atoms with Gasteiger partial charge in [0.05, 0.1) is 4.88 Å². The zero-order chi connectivity index (χ0) is 15.1. The average Bonchev–Trinajstić information content (AvgIpc) is 3.23. The first kappa shape index (κ1) is 13.4. The van der Waals surface area contributed by atoms with E-state index in [0.29, 0.717) is 10.4 Å². The number of aromatic nitrogens is 3. The van der Waals surface area contributed by atoms with Gasteiger partial charge < -0.3 is 0 Å². The Morgan fingerprint density at radius 2 is 2.00 bits per heavy atom. The van der Waals surface area contributed by atoms with Crippen LogP contribution < -0.4 is 0 Å². The van der Waals surface area contributed by atoms with Gasteiger partial charge in [-0.25, -0.2) is 9.50 Å². The van der Waals surface area contributed by atoms with Crippen molar-refractivity contribution in [3.8, 4) is 10.6 Å². The topological polar surface area (TPSA) is 47.3 Å². The average molecular weight is 325 g/mol. The van der Waals surface area contributed by atoms with Crippen molar-refractivity contribution >= 4 is 33.4 Å². The lowest BCUT2D eigenvalue weighted by molar-refractivity contribution is 0.104. The summed E-state index contributed by atoms with van der Waals surface area (Å²) in [4.78, 5) is 19.5. The number of fused-ring (bicyclic) bond motifs is 1. The van der Waals surface area contributed by atoms with E-state index in [0.717, 1.165) is 21.1 Å². The number of hydrogen-bond acceptors (Lipinski definition) is 5. The molecule has 0 N–H and O–H groups in total. The summed E-state index contributed by atoms with van der Waals surface area (Å²) >= 11 is 2.98. The number of carbonyl (C=O) groups excluding carboxylic acids is 1. The second kappa shape index (κ2) is 5.15. The molecule has 0 amide bonds. The molecule has 0 bridgehead atoms. The van der Waals surface area contributed by atoms with Gasteiger partial charge in [-0.15, -0.1) is 11.3 Å². The number of aryl methyl sites for hydroxylation is 1. The van der Waals surface area contributed by atoms with E-state index >= 15 is 0 Å². The lowest BCUT2D eigenvalue weighted by Crippen LogP contribution is -2.02. The third-order valence-electron chi connectivity index (χ3n) is 3.41. The third-order valence-corrected chi connectivity index (χ3v) is 5.33. The van der Waals surface area contributed by atoms with Crippen molar-refractivity contribution in [1.29, 1.82) is 0 Å². The molecule has 0 saturated heterocycles. The summed E-state index contributed by atoms with van der Waals surface area (Å²) in [6.45, 7) is 2.01. The van der Waals surface area contributed by atoms with Crippen molar-refractivity contribution in [2.75, 3.05) is 0 Å². The first-order chi connectivity index (χ1) is 10.7. The maximum atomic E-state index is 12.9. The molecule has 0 radical (unpaired) electrons. The molecule has 22 heavy (non-hydrogen) atoms. The lowest BCUT2D eigenvalue weighted by atomic mass is 10.1. The maximum Gasteiger partial charge on any atom is 0.213 e. The van der Waals surface area contributed by atoms with E-state index in [1.807, 2.05) is 48.7 Å². The second-order valence-electron chi connectivity index (χ2n) is 4.91. The molecule has 0 fully saturated rings. The highest BCUT2D eigenvalue weighted by atomic mass is 32.1. The van der Waals surface area contributed by atoms with Gasteiger partial charge in [0.1, 0.15) is 16.9 Å². The second-order valence-corrected chi connectivity index (χ2v) is 6.83. The molecule has 3 aromatic heterocycles. The van der Waals surface area contributed by atoms with Gasteiger partial charge in [-0.1, -0.05) is 47.2 Å². The Bertz CT molecular complexity index is 949. The van der Waals surface area contributed by atoms with Gasteiger partial charge in [-0.3, -0.25) is 4.79 Å². The van der Waals surface area contributed by atoms with Crippen LogP contribution in [0.2, 0.25) is 0 Å². The molecule has 0 saturated carbocycles. The van der Waals surface area contributed by atoms with Crippen LogP contribution in [0, 0.1) is 6.92 Å². The fraction of sp³-hybridized carbons (Fsp3) is 0.0625. The summed E-state index contributed by atoms with van der Waals surface area (Å²) in [7, 11) is 0. The van der Waals surface area contributed by atoms with Crippen LogP contribution in [0.3, 0.4) is 0 Å². The van der Waals surface area contributed by atoms with E-state index in [1.165, 1.54) is 17.7 Å². The molecule has 0 unspecified atom stereocenters. The molecular weight excluding hydrogens is 314 g/mol. The van der Waals surface area contributed by atoms with Crippen molar-refractivity contribution in [3.63, 3.8) is 0 Å². The van der Waals surface area contributed by atoms with E-state index in [-0.39, 0.29) is 5.78 Å². The molecule has 108 valence electrons. The van der Waals surface area contributed by atoms with Crippen molar-refractivity contribution in [2.24, 2.45) is 0 Å². The van der Waals surface area contributed by atoms with Crippen LogP contribution in [0.1, 0.15) is 20.8 Å². The largest absolute Gasteiger partial charge is 0.288 e. The number of thiophene rings is 1. The highest BCUT2D eigenvalue weighted by Gasteiger charge is 2.23. The highest BCUT2D eigenvalue weighted by Crippen LogP contribution is 2.34. The summed E-state index contributed by atoms with van der Waals surface area (Å²) in [5.41, 5.74) is 2.66. The summed E-state index contributed by atoms with van der Waals surface area (Å²) in [5, 5.41) is 6.25. The lowest BCUT2D eigenvalue weighted by Gasteiger charge is -2.02. The predicted octanol–water partition coefficient (Wildman–Crippen LogP) is 4.06. The quantitative estimate of drug-likeness (QED) is 0.534. The molecule has 0 aliphatic rings. The molecule has 4 rings (SSSR count). The number of carbonyl (C=O) groups is 1.